The van der Waals surface area contributed by atoms with Crippen molar-refractivity contribution < 1.29 is 9.90 Å². The molecule has 5 heteroatoms. The van der Waals surface area contributed by atoms with Crippen molar-refractivity contribution >= 4 is 21.9 Å². The van der Waals surface area contributed by atoms with E-state index in [1.165, 1.54) is 0 Å². The summed E-state index contributed by atoms with van der Waals surface area (Å²) in [5, 5.41) is 12.8. The molecule has 1 rings (SSSR count). The second kappa shape index (κ2) is 7.03. The molecule has 0 aromatic heterocycles. The second-order valence-electron chi connectivity index (χ2n) is 4.80. The molecule has 106 valence electrons. The first-order valence-corrected chi connectivity index (χ1v) is 7.11. The Morgan fingerprint density at radius 1 is 1.47 bits per heavy atom. The standard InChI is InChI=1S/C14H21BrN2O2/c1-4-14(13(18)19,16-8-9-17(2)3)11-6-5-7-12(15)10-11/h5-7,10,16H,4,8-9H2,1-3H3,(H,18,19). The molecule has 4 nitrogen and oxygen atoms in total. The Hall–Kier alpha value is -0.910. The van der Waals surface area contributed by atoms with Crippen LogP contribution < -0.4 is 5.32 Å². The number of hydrogen-bond donors (Lipinski definition) is 2. The minimum atomic E-state index is -1.03. The lowest BCUT2D eigenvalue weighted by Crippen LogP contribution is -2.50. The highest BCUT2D eigenvalue weighted by Crippen LogP contribution is 2.27. The fourth-order valence-corrected chi connectivity index (χ4v) is 2.43. The number of aliphatic carboxylic acids is 1. The Balaban J connectivity index is 3.02. The maximum Gasteiger partial charge on any atom is 0.328 e. The van der Waals surface area contributed by atoms with Crippen molar-refractivity contribution in [2.75, 3.05) is 27.2 Å². The zero-order valence-electron chi connectivity index (χ0n) is 11.6. The molecule has 19 heavy (non-hydrogen) atoms. The largest absolute Gasteiger partial charge is 0.480 e. The van der Waals surface area contributed by atoms with E-state index >= 15 is 0 Å². The van der Waals surface area contributed by atoms with Crippen molar-refractivity contribution in [1.82, 2.24) is 10.2 Å². The Morgan fingerprint density at radius 3 is 2.63 bits per heavy atom. The highest BCUT2D eigenvalue weighted by molar-refractivity contribution is 9.10. The quantitative estimate of drug-likeness (QED) is 0.806. The van der Waals surface area contributed by atoms with Gasteiger partial charge < -0.3 is 10.0 Å². The summed E-state index contributed by atoms with van der Waals surface area (Å²) in [5.41, 5.74) is -0.254. The van der Waals surface area contributed by atoms with Gasteiger partial charge in [-0.25, -0.2) is 4.79 Å². The number of carboxylic acid groups (broad SMARTS) is 1. The molecule has 0 saturated heterocycles. The molecule has 1 unspecified atom stereocenters. The van der Waals surface area contributed by atoms with Gasteiger partial charge in [0, 0.05) is 17.6 Å². The maximum absolute atomic E-state index is 11.7. The van der Waals surface area contributed by atoms with Gasteiger partial charge in [-0.05, 0) is 38.2 Å². The van der Waals surface area contributed by atoms with Crippen LogP contribution in [0, 0.1) is 0 Å². The van der Waals surface area contributed by atoms with Gasteiger partial charge in [0.1, 0.15) is 5.54 Å². The van der Waals surface area contributed by atoms with Crippen molar-refractivity contribution in [3.05, 3.63) is 34.3 Å². The van der Waals surface area contributed by atoms with Crippen LogP contribution in [0.5, 0.6) is 0 Å². The van der Waals surface area contributed by atoms with Gasteiger partial charge in [-0.15, -0.1) is 0 Å². The molecule has 0 bridgehead atoms. The van der Waals surface area contributed by atoms with Crippen molar-refractivity contribution in [3.63, 3.8) is 0 Å². The number of halogens is 1. The number of benzene rings is 1. The molecule has 1 aromatic carbocycles. The van der Waals surface area contributed by atoms with Crippen LogP contribution in [0.4, 0.5) is 0 Å². The van der Waals surface area contributed by atoms with Gasteiger partial charge in [0.15, 0.2) is 0 Å². The van der Waals surface area contributed by atoms with Gasteiger partial charge in [0.2, 0.25) is 0 Å². The van der Waals surface area contributed by atoms with Crippen LogP contribution in [0.1, 0.15) is 18.9 Å². The van der Waals surface area contributed by atoms with Gasteiger partial charge >= 0.3 is 5.97 Å². The molecule has 0 amide bonds. The third-order valence-electron chi connectivity index (χ3n) is 3.20. The summed E-state index contributed by atoms with van der Waals surface area (Å²) >= 11 is 3.40. The summed E-state index contributed by atoms with van der Waals surface area (Å²) < 4.78 is 0.887. The predicted octanol–water partition coefficient (Wildman–Crippen LogP) is 2.29. The Bertz CT molecular complexity index is 437. The second-order valence-corrected chi connectivity index (χ2v) is 5.72. The first kappa shape index (κ1) is 16.1. The average molecular weight is 329 g/mol. The van der Waals surface area contributed by atoms with E-state index in [0.717, 1.165) is 16.6 Å². The van der Waals surface area contributed by atoms with E-state index in [4.69, 9.17) is 0 Å². The van der Waals surface area contributed by atoms with Crippen LogP contribution in [0.2, 0.25) is 0 Å². The number of carboxylic acids is 1. The molecule has 0 radical (unpaired) electrons. The van der Waals surface area contributed by atoms with Gasteiger partial charge in [-0.2, -0.15) is 0 Å². The van der Waals surface area contributed by atoms with Crippen molar-refractivity contribution in [2.45, 2.75) is 18.9 Å². The van der Waals surface area contributed by atoms with Crippen LogP contribution >= 0.6 is 15.9 Å². The van der Waals surface area contributed by atoms with Crippen LogP contribution in [-0.4, -0.2) is 43.2 Å². The Kier molecular flexibility index (Phi) is 5.97. The van der Waals surface area contributed by atoms with Crippen molar-refractivity contribution in [2.24, 2.45) is 0 Å². The first-order chi connectivity index (χ1) is 8.92. The summed E-state index contributed by atoms with van der Waals surface area (Å²) in [6.45, 7) is 3.31. The molecule has 0 saturated carbocycles. The topological polar surface area (TPSA) is 52.6 Å². The van der Waals surface area contributed by atoms with Crippen molar-refractivity contribution in [1.29, 1.82) is 0 Å². The number of carbonyl (C=O) groups is 1. The number of nitrogens with one attached hydrogen (secondary N) is 1. The molecular formula is C14H21BrN2O2. The third-order valence-corrected chi connectivity index (χ3v) is 3.69. The molecule has 1 aromatic rings. The number of likely N-dealkylation sites (N-methyl/N-ethyl adjacent to an activating group) is 1. The molecule has 1 atom stereocenters. The summed E-state index contributed by atoms with van der Waals surface area (Å²) in [7, 11) is 3.93. The number of hydrogen-bond acceptors (Lipinski definition) is 3. The van der Waals surface area contributed by atoms with Crippen LogP contribution in [0.25, 0.3) is 0 Å². The molecular weight excluding hydrogens is 308 g/mol. The van der Waals surface area contributed by atoms with E-state index in [1.54, 1.807) is 0 Å². The van der Waals surface area contributed by atoms with Gasteiger partial charge in [0.05, 0.1) is 0 Å². The van der Waals surface area contributed by atoms with Gasteiger partial charge in [-0.3, -0.25) is 5.32 Å². The predicted molar refractivity (Wildman–Crippen MR) is 80.3 cm³/mol. The zero-order chi connectivity index (χ0) is 14.5. The summed E-state index contributed by atoms with van der Waals surface area (Å²) in [5.74, 6) is -0.841. The normalized spacial score (nSPS) is 14.4. The number of nitrogens with zero attached hydrogens (tertiary/aromatic N) is 1. The molecule has 0 aliphatic heterocycles. The van der Waals surface area contributed by atoms with Crippen LogP contribution in [0.3, 0.4) is 0 Å². The van der Waals surface area contributed by atoms with Gasteiger partial charge in [0.25, 0.3) is 0 Å². The van der Waals surface area contributed by atoms with Crippen LogP contribution in [-0.2, 0) is 10.3 Å². The SMILES string of the molecule is CCC(NCCN(C)C)(C(=O)O)c1cccc(Br)c1. The lowest BCUT2D eigenvalue weighted by atomic mass is 9.87. The van der Waals surface area contributed by atoms with E-state index in [-0.39, 0.29) is 0 Å². The smallest absolute Gasteiger partial charge is 0.328 e. The Morgan fingerprint density at radius 2 is 2.16 bits per heavy atom. The summed E-state index contributed by atoms with van der Waals surface area (Å²) in [6.07, 6.45) is 0.492. The highest BCUT2D eigenvalue weighted by atomic mass is 79.9. The fraction of sp³-hybridized carbons (Fsp3) is 0.500. The first-order valence-electron chi connectivity index (χ1n) is 6.31. The lowest BCUT2D eigenvalue weighted by molar-refractivity contribution is -0.145. The van der Waals surface area contributed by atoms with E-state index in [2.05, 4.69) is 21.2 Å². The summed E-state index contributed by atoms with van der Waals surface area (Å²) in [4.78, 5) is 13.8. The van der Waals surface area contributed by atoms with Crippen molar-refractivity contribution in [3.8, 4) is 0 Å². The molecule has 0 aliphatic carbocycles. The highest BCUT2D eigenvalue weighted by Gasteiger charge is 2.38. The van der Waals surface area contributed by atoms with Gasteiger partial charge in [-0.1, -0.05) is 35.0 Å². The minimum absolute atomic E-state index is 0.492. The minimum Gasteiger partial charge on any atom is -0.480 e. The molecule has 2 N–H and O–H groups in total. The molecule has 0 aliphatic rings. The summed E-state index contributed by atoms with van der Waals surface area (Å²) in [6, 6.07) is 7.47. The molecule has 0 fully saturated rings. The number of rotatable bonds is 7. The van der Waals surface area contributed by atoms with E-state index < -0.39 is 11.5 Å². The fourth-order valence-electron chi connectivity index (χ4n) is 2.03. The van der Waals surface area contributed by atoms with Crippen LogP contribution in [0.15, 0.2) is 28.7 Å². The maximum atomic E-state index is 11.7. The third kappa shape index (κ3) is 4.03. The monoisotopic (exact) mass is 328 g/mol. The lowest BCUT2D eigenvalue weighted by Gasteiger charge is -2.31. The van der Waals surface area contributed by atoms with E-state index in [9.17, 15) is 9.90 Å². The zero-order valence-corrected chi connectivity index (χ0v) is 13.2. The molecule has 0 spiro atoms. The van der Waals surface area contributed by atoms with E-state index in [0.29, 0.717) is 13.0 Å². The Labute approximate surface area is 122 Å². The average Bonchev–Trinajstić information content (AvgIpc) is 2.34. The van der Waals surface area contributed by atoms with E-state index in [1.807, 2.05) is 50.2 Å². The molecule has 0 heterocycles.